The van der Waals surface area contributed by atoms with Gasteiger partial charge < -0.3 is 15.5 Å². The van der Waals surface area contributed by atoms with Crippen LogP contribution in [0.2, 0.25) is 0 Å². The first-order valence-electron chi connectivity index (χ1n) is 7.72. The van der Waals surface area contributed by atoms with Gasteiger partial charge in [0, 0.05) is 28.8 Å². The number of hydrogen-bond donors (Lipinski definition) is 2. The predicted molar refractivity (Wildman–Crippen MR) is 98.2 cm³/mol. The molecular weight excluding hydrogens is 370 g/mol. The Balaban J connectivity index is 1.60. The van der Waals surface area contributed by atoms with Gasteiger partial charge in [0.2, 0.25) is 5.91 Å². The van der Waals surface area contributed by atoms with Crippen molar-refractivity contribution in [2.45, 2.75) is 19.4 Å². The number of aryl methyl sites for hydroxylation is 1. The topological polar surface area (TPSA) is 61.4 Å². The van der Waals surface area contributed by atoms with Crippen LogP contribution in [-0.4, -0.2) is 24.5 Å². The molecule has 1 heterocycles. The van der Waals surface area contributed by atoms with E-state index in [0.29, 0.717) is 13.0 Å². The van der Waals surface area contributed by atoms with Gasteiger partial charge in [0.25, 0.3) is 0 Å². The highest BCUT2D eigenvalue weighted by atomic mass is 79.9. The Kier molecular flexibility index (Phi) is 4.85. The number of carbonyl (C=O) groups is 2. The Labute approximate surface area is 149 Å². The van der Waals surface area contributed by atoms with Crippen molar-refractivity contribution >= 4 is 39.2 Å². The minimum atomic E-state index is -0.298. The van der Waals surface area contributed by atoms with Crippen molar-refractivity contribution in [1.29, 1.82) is 0 Å². The summed E-state index contributed by atoms with van der Waals surface area (Å²) in [5.74, 6) is 0.0197. The molecule has 1 saturated heterocycles. The standard InChI is InChI=1S/C18H18BrN3O2/c1-12-9-13(19)7-8-16(12)21-18(24)20-14-10-17(23)22(11-14)15-5-3-2-4-6-15/h2-9,14H,10-11H2,1H3,(H2,20,21,24). The fourth-order valence-electron chi connectivity index (χ4n) is 2.77. The normalized spacial score (nSPS) is 17.0. The molecule has 5 nitrogen and oxygen atoms in total. The summed E-state index contributed by atoms with van der Waals surface area (Å²) in [5.41, 5.74) is 2.57. The van der Waals surface area contributed by atoms with E-state index in [-0.39, 0.29) is 18.0 Å². The van der Waals surface area contributed by atoms with Gasteiger partial charge in [-0.25, -0.2) is 4.79 Å². The number of amides is 3. The molecule has 6 heteroatoms. The lowest BCUT2D eigenvalue weighted by molar-refractivity contribution is -0.117. The van der Waals surface area contributed by atoms with Gasteiger partial charge in [-0.3, -0.25) is 4.79 Å². The van der Waals surface area contributed by atoms with Crippen LogP contribution in [0, 0.1) is 6.92 Å². The number of para-hydroxylation sites is 1. The van der Waals surface area contributed by atoms with Crippen molar-refractivity contribution in [3.63, 3.8) is 0 Å². The van der Waals surface area contributed by atoms with Gasteiger partial charge in [-0.2, -0.15) is 0 Å². The molecule has 1 unspecified atom stereocenters. The maximum absolute atomic E-state index is 12.2. The smallest absolute Gasteiger partial charge is 0.319 e. The van der Waals surface area contributed by atoms with Gasteiger partial charge in [0.05, 0.1) is 6.04 Å². The molecule has 1 aliphatic heterocycles. The maximum Gasteiger partial charge on any atom is 0.319 e. The molecule has 0 aliphatic carbocycles. The monoisotopic (exact) mass is 387 g/mol. The van der Waals surface area contributed by atoms with E-state index in [1.165, 1.54) is 0 Å². The number of carbonyl (C=O) groups excluding carboxylic acids is 2. The van der Waals surface area contributed by atoms with Crippen LogP contribution in [0.1, 0.15) is 12.0 Å². The maximum atomic E-state index is 12.2. The molecule has 2 aromatic rings. The molecule has 0 radical (unpaired) electrons. The molecule has 2 N–H and O–H groups in total. The third-order valence-corrected chi connectivity index (χ3v) is 4.46. The highest BCUT2D eigenvalue weighted by Gasteiger charge is 2.31. The molecule has 0 saturated carbocycles. The van der Waals surface area contributed by atoms with Crippen LogP contribution >= 0.6 is 15.9 Å². The fraction of sp³-hybridized carbons (Fsp3) is 0.222. The Bertz CT molecular complexity index is 764. The van der Waals surface area contributed by atoms with E-state index in [0.717, 1.165) is 21.4 Å². The number of rotatable bonds is 3. The zero-order chi connectivity index (χ0) is 17.1. The molecule has 24 heavy (non-hydrogen) atoms. The average molecular weight is 388 g/mol. The lowest BCUT2D eigenvalue weighted by Gasteiger charge is -2.17. The Morgan fingerprint density at radius 1 is 1.21 bits per heavy atom. The van der Waals surface area contributed by atoms with E-state index in [9.17, 15) is 9.59 Å². The Morgan fingerprint density at radius 2 is 1.96 bits per heavy atom. The van der Waals surface area contributed by atoms with Crippen molar-refractivity contribution in [2.75, 3.05) is 16.8 Å². The molecule has 124 valence electrons. The van der Waals surface area contributed by atoms with Crippen LogP contribution < -0.4 is 15.5 Å². The van der Waals surface area contributed by atoms with E-state index in [1.54, 1.807) is 4.90 Å². The molecule has 0 spiro atoms. The van der Waals surface area contributed by atoms with Crippen molar-refractivity contribution in [3.8, 4) is 0 Å². The van der Waals surface area contributed by atoms with Gasteiger partial charge in [-0.15, -0.1) is 0 Å². The summed E-state index contributed by atoms with van der Waals surface area (Å²) in [5, 5.41) is 5.71. The molecule has 1 atom stereocenters. The van der Waals surface area contributed by atoms with Gasteiger partial charge in [0.15, 0.2) is 0 Å². The molecule has 0 bridgehead atoms. The molecule has 0 aromatic heterocycles. The zero-order valence-electron chi connectivity index (χ0n) is 13.3. The number of anilines is 2. The third-order valence-electron chi connectivity index (χ3n) is 3.96. The van der Waals surface area contributed by atoms with E-state index in [4.69, 9.17) is 0 Å². The second-order valence-electron chi connectivity index (χ2n) is 5.80. The van der Waals surface area contributed by atoms with Gasteiger partial charge >= 0.3 is 6.03 Å². The highest BCUT2D eigenvalue weighted by molar-refractivity contribution is 9.10. The zero-order valence-corrected chi connectivity index (χ0v) is 14.8. The molecule has 1 aliphatic rings. The summed E-state index contributed by atoms with van der Waals surface area (Å²) in [7, 11) is 0. The molecule has 3 amide bonds. The summed E-state index contributed by atoms with van der Waals surface area (Å²) >= 11 is 3.40. The first kappa shape index (κ1) is 16.5. The van der Waals surface area contributed by atoms with E-state index in [1.807, 2.05) is 55.5 Å². The lowest BCUT2D eigenvalue weighted by Crippen LogP contribution is -2.39. The summed E-state index contributed by atoms with van der Waals surface area (Å²) in [4.78, 5) is 26.1. The number of nitrogens with one attached hydrogen (secondary N) is 2. The van der Waals surface area contributed by atoms with Crippen LogP contribution in [0.4, 0.5) is 16.2 Å². The minimum Gasteiger partial charge on any atom is -0.333 e. The predicted octanol–water partition coefficient (Wildman–Crippen LogP) is 3.68. The first-order valence-corrected chi connectivity index (χ1v) is 8.51. The van der Waals surface area contributed by atoms with E-state index < -0.39 is 0 Å². The summed E-state index contributed by atoms with van der Waals surface area (Å²) in [6.45, 7) is 2.41. The Hall–Kier alpha value is -2.34. The van der Waals surface area contributed by atoms with Crippen LogP contribution in [0.5, 0.6) is 0 Å². The van der Waals surface area contributed by atoms with Gasteiger partial charge in [-0.1, -0.05) is 34.1 Å². The Morgan fingerprint density at radius 3 is 2.67 bits per heavy atom. The van der Waals surface area contributed by atoms with Gasteiger partial charge in [-0.05, 0) is 42.8 Å². The lowest BCUT2D eigenvalue weighted by atomic mass is 10.2. The number of halogens is 1. The largest absolute Gasteiger partial charge is 0.333 e. The van der Waals surface area contributed by atoms with Crippen molar-refractivity contribution < 1.29 is 9.59 Å². The van der Waals surface area contributed by atoms with E-state index >= 15 is 0 Å². The van der Waals surface area contributed by atoms with E-state index in [2.05, 4.69) is 26.6 Å². The SMILES string of the molecule is Cc1cc(Br)ccc1NC(=O)NC1CC(=O)N(c2ccccc2)C1. The quantitative estimate of drug-likeness (QED) is 0.843. The van der Waals surface area contributed by atoms with Crippen molar-refractivity contribution in [3.05, 3.63) is 58.6 Å². The van der Waals surface area contributed by atoms with Crippen LogP contribution in [0.15, 0.2) is 53.0 Å². The molecule has 1 fully saturated rings. The number of benzene rings is 2. The summed E-state index contributed by atoms with van der Waals surface area (Å²) in [6, 6.07) is 14.6. The minimum absolute atomic E-state index is 0.0197. The number of urea groups is 1. The second kappa shape index (κ2) is 7.05. The third kappa shape index (κ3) is 3.76. The summed E-state index contributed by atoms with van der Waals surface area (Å²) < 4.78 is 0.964. The number of nitrogens with zero attached hydrogens (tertiary/aromatic N) is 1. The first-order chi connectivity index (χ1) is 11.5. The van der Waals surface area contributed by atoms with Crippen LogP contribution in [0.3, 0.4) is 0 Å². The van der Waals surface area contributed by atoms with Crippen LogP contribution in [0.25, 0.3) is 0 Å². The van der Waals surface area contributed by atoms with Crippen molar-refractivity contribution in [1.82, 2.24) is 5.32 Å². The molecule has 2 aromatic carbocycles. The van der Waals surface area contributed by atoms with Crippen LogP contribution in [-0.2, 0) is 4.79 Å². The average Bonchev–Trinajstić information content (AvgIpc) is 2.91. The van der Waals surface area contributed by atoms with Crippen molar-refractivity contribution in [2.24, 2.45) is 0 Å². The van der Waals surface area contributed by atoms with Gasteiger partial charge in [0.1, 0.15) is 0 Å². The second-order valence-corrected chi connectivity index (χ2v) is 6.71. The molecule has 3 rings (SSSR count). The molecular formula is C18H18BrN3O2. The highest BCUT2D eigenvalue weighted by Crippen LogP contribution is 2.22. The number of hydrogen-bond acceptors (Lipinski definition) is 2. The summed E-state index contributed by atoms with van der Waals surface area (Å²) in [6.07, 6.45) is 0.307. The fourth-order valence-corrected chi connectivity index (χ4v) is 3.25.